The Hall–Kier alpha value is -0.210. The van der Waals surface area contributed by atoms with E-state index in [4.69, 9.17) is 4.74 Å². The van der Waals surface area contributed by atoms with Gasteiger partial charge in [0.25, 0.3) is 10.2 Å². The number of nitrogens with zero attached hydrogens (tertiary/aromatic N) is 1. The van der Waals surface area contributed by atoms with E-state index >= 15 is 0 Å². The van der Waals surface area contributed by atoms with E-state index in [0.717, 1.165) is 12.8 Å². The fourth-order valence-corrected chi connectivity index (χ4v) is 4.03. The standard InChI is InChI=1S/C12H26N2O4S/c1-3-7-14(8-4-2)19(16,17)13-12(11-15)5-9-18-10-6-12/h13,15H,3-11H2,1-2H3. The summed E-state index contributed by atoms with van der Waals surface area (Å²) in [6, 6.07) is 0. The normalized spacial score (nSPS) is 19.8. The highest BCUT2D eigenvalue weighted by Crippen LogP contribution is 2.22. The van der Waals surface area contributed by atoms with Gasteiger partial charge >= 0.3 is 0 Å². The van der Waals surface area contributed by atoms with Gasteiger partial charge in [0.15, 0.2) is 0 Å². The first-order valence-corrected chi connectivity index (χ1v) is 8.41. The third-order valence-corrected chi connectivity index (χ3v) is 5.12. The van der Waals surface area contributed by atoms with E-state index < -0.39 is 15.7 Å². The van der Waals surface area contributed by atoms with Gasteiger partial charge in [-0.3, -0.25) is 0 Å². The monoisotopic (exact) mass is 294 g/mol. The van der Waals surface area contributed by atoms with Crippen molar-refractivity contribution in [2.24, 2.45) is 0 Å². The van der Waals surface area contributed by atoms with Gasteiger partial charge in [-0.15, -0.1) is 0 Å². The molecule has 1 saturated heterocycles. The Morgan fingerprint density at radius 2 is 1.74 bits per heavy atom. The Kier molecular flexibility index (Phi) is 6.68. The number of aliphatic hydroxyl groups is 1. The Morgan fingerprint density at radius 1 is 1.21 bits per heavy atom. The predicted octanol–water partition coefficient (Wildman–Crippen LogP) is 0.484. The molecule has 0 radical (unpaired) electrons. The summed E-state index contributed by atoms with van der Waals surface area (Å²) in [7, 11) is -3.55. The van der Waals surface area contributed by atoms with E-state index in [1.807, 2.05) is 13.8 Å². The summed E-state index contributed by atoms with van der Waals surface area (Å²) < 4.78 is 34.2. The topological polar surface area (TPSA) is 78.9 Å². The van der Waals surface area contributed by atoms with Crippen LogP contribution in [0.25, 0.3) is 0 Å². The summed E-state index contributed by atoms with van der Waals surface area (Å²) in [6.07, 6.45) is 2.57. The van der Waals surface area contributed by atoms with Gasteiger partial charge in [-0.2, -0.15) is 17.4 Å². The van der Waals surface area contributed by atoms with Crippen molar-refractivity contribution in [2.75, 3.05) is 32.9 Å². The summed E-state index contributed by atoms with van der Waals surface area (Å²) in [6.45, 7) is 5.67. The molecule has 2 N–H and O–H groups in total. The fraction of sp³-hybridized carbons (Fsp3) is 1.00. The van der Waals surface area contributed by atoms with Crippen molar-refractivity contribution >= 4 is 10.2 Å². The predicted molar refractivity (Wildman–Crippen MR) is 74.1 cm³/mol. The lowest BCUT2D eigenvalue weighted by Gasteiger charge is -2.37. The third kappa shape index (κ3) is 4.68. The minimum atomic E-state index is -3.55. The van der Waals surface area contributed by atoms with Gasteiger partial charge in [-0.1, -0.05) is 13.8 Å². The Morgan fingerprint density at radius 3 is 2.16 bits per heavy atom. The van der Waals surface area contributed by atoms with E-state index in [0.29, 0.717) is 39.1 Å². The van der Waals surface area contributed by atoms with Gasteiger partial charge in [0.2, 0.25) is 0 Å². The van der Waals surface area contributed by atoms with Gasteiger partial charge in [0, 0.05) is 26.3 Å². The molecule has 6 nitrogen and oxygen atoms in total. The number of rotatable bonds is 8. The van der Waals surface area contributed by atoms with Gasteiger partial charge < -0.3 is 9.84 Å². The zero-order valence-electron chi connectivity index (χ0n) is 11.9. The summed E-state index contributed by atoms with van der Waals surface area (Å²) >= 11 is 0. The SMILES string of the molecule is CCCN(CCC)S(=O)(=O)NC1(CO)CCOCC1. The molecule has 1 fully saturated rings. The zero-order chi connectivity index (χ0) is 14.4. The van der Waals surface area contributed by atoms with Crippen molar-refractivity contribution in [1.29, 1.82) is 0 Å². The van der Waals surface area contributed by atoms with Crippen LogP contribution in [-0.4, -0.2) is 56.3 Å². The molecule has 0 aromatic heterocycles. The molecule has 1 aliphatic rings. The lowest BCUT2D eigenvalue weighted by atomic mass is 9.93. The van der Waals surface area contributed by atoms with Crippen LogP contribution in [0.15, 0.2) is 0 Å². The Balaban J connectivity index is 2.79. The number of ether oxygens (including phenoxy) is 1. The van der Waals surface area contributed by atoms with E-state index in [9.17, 15) is 13.5 Å². The maximum Gasteiger partial charge on any atom is 0.280 e. The molecule has 7 heteroatoms. The molecule has 0 aromatic rings. The maximum atomic E-state index is 12.4. The minimum absolute atomic E-state index is 0.193. The molecule has 0 aromatic carbocycles. The van der Waals surface area contributed by atoms with Crippen molar-refractivity contribution in [1.82, 2.24) is 9.03 Å². The van der Waals surface area contributed by atoms with Crippen molar-refractivity contribution in [3.8, 4) is 0 Å². The second-order valence-corrected chi connectivity index (χ2v) is 6.73. The van der Waals surface area contributed by atoms with Crippen molar-refractivity contribution in [3.63, 3.8) is 0 Å². The molecule has 1 heterocycles. The summed E-state index contributed by atoms with van der Waals surface area (Å²) in [4.78, 5) is 0. The number of nitrogens with one attached hydrogen (secondary N) is 1. The molecule has 0 saturated carbocycles. The fourth-order valence-electron chi connectivity index (χ4n) is 2.24. The molecule has 0 spiro atoms. The minimum Gasteiger partial charge on any atom is -0.394 e. The van der Waals surface area contributed by atoms with Crippen LogP contribution in [0.2, 0.25) is 0 Å². The Labute approximate surface area is 116 Å². The van der Waals surface area contributed by atoms with Gasteiger partial charge in [-0.05, 0) is 25.7 Å². The smallest absolute Gasteiger partial charge is 0.280 e. The summed E-state index contributed by atoms with van der Waals surface area (Å²) in [5, 5.41) is 9.55. The summed E-state index contributed by atoms with van der Waals surface area (Å²) in [5.41, 5.74) is -0.767. The first-order chi connectivity index (χ1) is 8.99. The molecule has 0 unspecified atom stereocenters. The van der Waals surface area contributed by atoms with Crippen LogP contribution in [-0.2, 0) is 14.9 Å². The molecule has 19 heavy (non-hydrogen) atoms. The molecule has 1 aliphatic heterocycles. The third-order valence-electron chi connectivity index (χ3n) is 3.38. The van der Waals surface area contributed by atoms with E-state index in [-0.39, 0.29) is 6.61 Å². The molecule has 0 bridgehead atoms. The van der Waals surface area contributed by atoms with E-state index in [1.165, 1.54) is 4.31 Å². The first-order valence-electron chi connectivity index (χ1n) is 6.97. The van der Waals surface area contributed by atoms with E-state index in [2.05, 4.69) is 4.72 Å². The first kappa shape index (κ1) is 16.8. The lowest BCUT2D eigenvalue weighted by molar-refractivity contribution is 0.0215. The maximum absolute atomic E-state index is 12.4. The molecular formula is C12H26N2O4S. The van der Waals surface area contributed by atoms with Crippen LogP contribution in [0.3, 0.4) is 0 Å². The van der Waals surface area contributed by atoms with Crippen molar-refractivity contribution in [2.45, 2.75) is 45.1 Å². The van der Waals surface area contributed by atoms with Gasteiger partial charge in [0.1, 0.15) is 0 Å². The highest BCUT2D eigenvalue weighted by molar-refractivity contribution is 7.87. The van der Waals surface area contributed by atoms with Gasteiger partial charge in [-0.25, -0.2) is 0 Å². The average molecular weight is 294 g/mol. The molecular weight excluding hydrogens is 268 g/mol. The molecule has 0 atom stereocenters. The van der Waals surface area contributed by atoms with Crippen LogP contribution in [0.4, 0.5) is 0 Å². The Bertz CT molecular complexity index is 347. The average Bonchev–Trinajstić information content (AvgIpc) is 2.39. The highest BCUT2D eigenvalue weighted by Gasteiger charge is 2.37. The van der Waals surface area contributed by atoms with Crippen LogP contribution >= 0.6 is 0 Å². The van der Waals surface area contributed by atoms with E-state index in [1.54, 1.807) is 0 Å². The van der Waals surface area contributed by atoms with Crippen molar-refractivity contribution in [3.05, 3.63) is 0 Å². The second kappa shape index (κ2) is 7.54. The van der Waals surface area contributed by atoms with Crippen LogP contribution in [0.1, 0.15) is 39.5 Å². The molecule has 0 aliphatic carbocycles. The zero-order valence-corrected chi connectivity index (χ0v) is 12.7. The second-order valence-electron chi connectivity index (χ2n) is 5.06. The van der Waals surface area contributed by atoms with Crippen LogP contribution in [0, 0.1) is 0 Å². The number of aliphatic hydroxyl groups excluding tert-OH is 1. The number of hydrogen-bond acceptors (Lipinski definition) is 4. The number of hydrogen-bond donors (Lipinski definition) is 2. The van der Waals surface area contributed by atoms with Crippen molar-refractivity contribution < 1.29 is 18.3 Å². The molecule has 114 valence electrons. The van der Waals surface area contributed by atoms with Gasteiger partial charge in [0.05, 0.1) is 12.1 Å². The molecule has 0 amide bonds. The molecule has 1 rings (SSSR count). The lowest BCUT2D eigenvalue weighted by Crippen LogP contribution is -2.58. The van der Waals surface area contributed by atoms with Crippen LogP contribution in [0.5, 0.6) is 0 Å². The van der Waals surface area contributed by atoms with Crippen LogP contribution < -0.4 is 4.72 Å². The highest BCUT2D eigenvalue weighted by atomic mass is 32.2. The summed E-state index contributed by atoms with van der Waals surface area (Å²) in [5.74, 6) is 0. The quantitative estimate of drug-likeness (QED) is 0.682. The largest absolute Gasteiger partial charge is 0.394 e.